The van der Waals surface area contributed by atoms with Gasteiger partial charge in [0.05, 0.1) is 18.8 Å². The largest absolute Gasteiger partial charge is 0.468 e. The number of nitrogens with zero attached hydrogens (tertiary/aromatic N) is 1. The molecule has 1 aromatic carbocycles. The first-order chi connectivity index (χ1) is 12.5. The van der Waals surface area contributed by atoms with E-state index in [1.54, 1.807) is 24.5 Å². The van der Waals surface area contributed by atoms with E-state index in [0.717, 1.165) is 24.5 Å². The summed E-state index contributed by atoms with van der Waals surface area (Å²) in [6, 6.07) is 10.8. The van der Waals surface area contributed by atoms with Crippen LogP contribution in [0.3, 0.4) is 0 Å². The molecule has 0 radical (unpaired) electrons. The summed E-state index contributed by atoms with van der Waals surface area (Å²) in [4.78, 5) is 26.2. The number of nitrogens with one attached hydrogen (secondary N) is 3. The third-order valence-electron chi connectivity index (χ3n) is 4.11. The number of furan rings is 1. The third kappa shape index (κ3) is 5.35. The van der Waals surface area contributed by atoms with Gasteiger partial charge in [0.2, 0.25) is 0 Å². The zero-order valence-corrected chi connectivity index (χ0v) is 15.4. The van der Waals surface area contributed by atoms with E-state index in [9.17, 15) is 9.59 Å². The first-order valence-electron chi connectivity index (χ1n) is 8.76. The summed E-state index contributed by atoms with van der Waals surface area (Å²) in [6.07, 6.45) is 1.58. The molecular weight excluding hydrogens is 332 g/mol. The maximum Gasteiger partial charge on any atom is 0.269 e. The smallest absolute Gasteiger partial charge is 0.269 e. The molecular formula is C19H26N4O3. The van der Waals surface area contributed by atoms with Crippen molar-refractivity contribution in [2.24, 2.45) is 0 Å². The fourth-order valence-corrected chi connectivity index (χ4v) is 2.54. The first kappa shape index (κ1) is 19.5. The molecule has 0 bridgehead atoms. The average molecular weight is 358 g/mol. The van der Waals surface area contributed by atoms with Gasteiger partial charge in [-0.1, -0.05) is 0 Å². The fraction of sp³-hybridized carbons (Fsp3) is 0.368. The van der Waals surface area contributed by atoms with Gasteiger partial charge in [-0.25, -0.2) is 0 Å². The first-order valence-corrected chi connectivity index (χ1v) is 8.76. The Labute approximate surface area is 153 Å². The van der Waals surface area contributed by atoms with Crippen molar-refractivity contribution in [3.05, 3.63) is 54.0 Å². The Balaban J connectivity index is 1.77. The number of benzene rings is 1. The minimum absolute atomic E-state index is 0.0586. The van der Waals surface area contributed by atoms with Crippen LogP contribution in [-0.2, 0) is 4.79 Å². The van der Waals surface area contributed by atoms with Gasteiger partial charge in [0, 0.05) is 24.3 Å². The van der Waals surface area contributed by atoms with Crippen LogP contribution in [0.2, 0.25) is 0 Å². The minimum Gasteiger partial charge on any atom is -0.468 e. The summed E-state index contributed by atoms with van der Waals surface area (Å²) in [5.74, 6) is 0.0511. The lowest BCUT2D eigenvalue weighted by Gasteiger charge is -2.21. The second-order valence-electron chi connectivity index (χ2n) is 5.84. The summed E-state index contributed by atoms with van der Waals surface area (Å²) in [5, 5.41) is 3.02. The van der Waals surface area contributed by atoms with Crippen LogP contribution in [0.5, 0.6) is 0 Å². The molecule has 7 nitrogen and oxygen atoms in total. The van der Waals surface area contributed by atoms with Crippen molar-refractivity contribution in [2.75, 3.05) is 24.5 Å². The molecule has 2 amide bonds. The molecule has 0 fully saturated rings. The lowest BCUT2D eigenvalue weighted by Crippen LogP contribution is -2.45. The molecule has 1 atom stereocenters. The molecule has 2 rings (SSSR count). The van der Waals surface area contributed by atoms with E-state index < -0.39 is 0 Å². The van der Waals surface area contributed by atoms with Crippen molar-refractivity contribution in [3.8, 4) is 0 Å². The van der Waals surface area contributed by atoms with Gasteiger partial charge in [0.25, 0.3) is 11.8 Å². The van der Waals surface area contributed by atoms with Crippen molar-refractivity contribution in [3.63, 3.8) is 0 Å². The standard InChI is InChI=1S/C19H26N4O3/c1-4-23(5-2)16-10-8-15(9-11-16)19(25)22-21-18(24)13-20-14(3)17-7-6-12-26-17/h6-12,14,20H,4-5,13H2,1-3H3,(H,21,24)(H,22,25)/t14-/m0/s1. The number of hydrazine groups is 1. The Bertz CT molecular complexity index is 694. The van der Waals surface area contributed by atoms with Crippen molar-refractivity contribution < 1.29 is 14.0 Å². The third-order valence-corrected chi connectivity index (χ3v) is 4.11. The summed E-state index contributed by atoms with van der Waals surface area (Å²) in [5.41, 5.74) is 6.36. The van der Waals surface area contributed by atoms with Gasteiger partial charge in [-0.3, -0.25) is 25.8 Å². The number of rotatable bonds is 8. The Kier molecular flexibility index (Phi) is 7.23. The zero-order chi connectivity index (χ0) is 18.9. The van der Waals surface area contributed by atoms with Crippen LogP contribution in [0.25, 0.3) is 0 Å². The van der Waals surface area contributed by atoms with E-state index in [0.29, 0.717) is 5.56 Å². The van der Waals surface area contributed by atoms with E-state index in [-0.39, 0.29) is 24.4 Å². The molecule has 0 aliphatic heterocycles. The average Bonchev–Trinajstić information content (AvgIpc) is 3.20. The van der Waals surface area contributed by atoms with E-state index in [4.69, 9.17) is 4.42 Å². The summed E-state index contributed by atoms with van der Waals surface area (Å²) in [6.45, 7) is 7.93. The van der Waals surface area contributed by atoms with Crippen LogP contribution in [0, 0.1) is 0 Å². The van der Waals surface area contributed by atoms with Crippen molar-refractivity contribution in [1.29, 1.82) is 0 Å². The van der Waals surface area contributed by atoms with Crippen LogP contribution in [0.1, 0.15) is 42.9 Å². The van der Waals surface area contributed by atoms with Gasteiger partial charge in [-0.2, -0.15) is 0 Å². The normalized spacial score (nSPS) is 11.7. The Morgan fingerprint density at radius 1 is 1.08 bits per heavy atom. The van der Waals surface area contributed by atoms with E-state index >= 15 is 0 Å². The molecule has 140 valence electrons. The highest BCUT2D eigenvalue weighted by atomic mass is 16.3. The van der Waals surface area contributed by atoms with Gasteiger partial charge in [-0.05, 0) is 57.2 Å². The number of amides is 2. The minimum atomic E-state index is -0.358. The van der Waals surface area contributed by atoms with Gasteiger partial charge in [0.1, 0.15) is 5.76 Å². The summed E-state index contributed by atoms with van der Waals surface area (Å²) < 4.78 is 5.26. The highest BCUT2D eigenvalue weighted by Crippen LogP contribution is 2.14. The molecule has 0 aliphatic carbocycles. The number of anilines is 1. The predicted octanol–water partition coefficient (Wildman–Crippen LogP) is 2.24. The molecule has 0 saturated heterocycles. The monoisotopic (exact) mass is 358 g/mol. The lowest BCUT2D eigenvalue weighted by molar-refractivity contribution is -0.121. The second-order valence-corrected chi connectivity index (χ2v) is 5.84. The highest BCUT2D eigenvalue weighted by molar-refractivity contribution is 5.95. The quantitative estimate of drug-likeness (QED) is 0.630. The SMILES string of the molecule is CCN(CC)c1ccc(C(=O)NNC(=O)CN[C@@H](C)c2ccco2)cc1. The maximum atomic E-state index is 12.1. The molecule has 26 heavy (non-hydrogen) atoms. The summed E-state index contributed by atoms with van der Waals surface area (Å²) in [7, 11) is 0. The number of carbonyl (C=O) groups is 2. The number of hydrogen-bond acceptors (Lipinski definition) is 5. The Hall–Kier alpha value is -2.80. The molecule has 0 saturated carbocycles. The van der Waals surface area contributed by atoms with Crippen molar-refractivity contribution in [2.45, 2.75) is 26.8 Å². The molecule has 2 aromatic rings. The van der Waals surface area contributed by atoms with Gasteiger partial charge >= 0.3 is 0 Å². The van der Waals surface area contributed by atoms with Crippen molar-refractivity contribution in [1.82, 2.24) is 16.2 Å². The van der Waals surface area contributed by atoms with Crippen LogP contribution in [0.15, 0.2) is 47.1 Å². The molecule has 3 N–H and O–H groups in total. The maximum absolute atomic E-state index is 12.1. The molecule has 1 aromatic heterocycles. The van der Waals surface area contributed by atoms with Crippen LogP contribution >= 0.6 is 0 Å². The molecule has 0 unspecified atom stereocenters. The van der Waals surface area contributed by atoms with Gasteiger partial charge < -0.3 is 9.32 Å². The molecule has 0 spiro atoms. The van der Waals surface area contributed by atoms with E-state index in [1.165, 1.54) is 0 Å². The van der Waals surface area contributed by atoms with Crippen molar-refractivity contribution >= 4 is 17.5 Å². The van der Waals surface area contributed by atoms with E-state index in [2.05, 4.69) is 34.9 Å². The zero-order valence-electron chi connectivity index (χ0n) is 15.4. The topological polar surface area (TPSA) is 86.6 Å². The molecule has 1 heterocycles. The van der Waals surface area contributed by atoms with Gasteiger partial charge in [0.15, 0.2) is 0 Å². The Morgan fingerprint density at radius 3 is 2.35 bits per heavy atom. The lowest BCUT2D eigenvalue weighted by atomic mass is 10.2. The van der Waals surface area contributed by atoms with E-state index in [1.807, 2.05) is 25.1 Å². The van der Waals surface area contributed by atoms with Gasteiger partial charge in [-0.15, -0.1) is 0 Å². The number of hydrogen-bond donors (Lipinski definition) is 3. The van der Waals surface area contributed by atoms with Crippen LogP contribution in [-0.4, -0.2) is 31.4 Å². The molecule has 7 heteroatoms. The summed E-state index contributed by atoms with van der Waals surface area (Å²) >= 11 is 0. The van der Waals surface area contributed by atoms with Crippen LogP contribution in [0.4, 0.5) is 5.69 Å². The predicted molar refractivity (Wildman–Crippen MR) is 101 cm³/mol. The second kappa shape index (κ2) is 9.62. The molecule has 0 aliphatic rings. The number of carbonyl (C=O) groups excluding carboxylic acids is 2. The highest BCUT2D eigenvalue weighted by Gasteiger charge is 2.11. The Morgan fingerprint density at radius 2 is 1.77 bits per heavy atom. The fourth-order valence-electron chi connectivity index (χ4n) is 2.54. The van der Waals surface area contributed by atoms with Crippen LogP contribution < -0.4 is 21.1 Å².